The Morgan fingerprint density at radius 1 is 1.20 bits per heavy atom. The van der Waals surface area contributed by atoms with Gasteiger partial charge in [0.05, 0.1) is 18.8 Å². The highest BCUT2D eigenvalue weighted by atomic mass is 16.4. The van der Waals surface area contributed by atoms with Crippen LogP contribution in [0.5, 0.6) is 0 Å². The molecule has 0 bridgehead atoms. The molecule has 0 spiro atoms. The van der Waals surface area contributed by atoms with Gasteiger partial charge in [-0.1, -0.05) is 13.3 Å². The lowest BCUT2D eigenvalue weighted by Gasteiger charge is -2.43. The number of β-amino-alcohol motifs (C(OH)–C–C–N with tert-alkyl or cyclic N) is 1. The van der Waals surface area contributed by atoms with Crippen molar-refractivity contribution in [2.24, 2.45) is 0 Å². The Labute approximate surface area is 90.0 Å². The monoisotopic (exact) mass is 219 g/mol. The van der Waals surface area contributed by atoms with Crippen LogP contribution in [0.3, 0.4) is 0 Å². The molecule has 5 heteroatoms. The van der Waals surface area contributed by atoms with E-state index in [4.69, 9.17) is 5.11 Å². The van der Waals surface area contributed by atoms with Gasteiger partial charge in [-0.25, -0.2) is 0 Å². The van der Waals surface area contributed by atoms with Crippen molar-refractivity contribution in [2.75, 3.05) is 19.7 Å². The molecule has 0 amide bonds. The fourth-order valence-corrected chi connectivity index (χ4v) is 2.00. The van der Waals surface area contributed by atoms with Gasteiger partial charge < -0.3 is 20.4 Å². The van der Waals surface area contributed by atoms with Gasteiger partial charge in [-0.2, -0.15) is 0 Å². The minimum atomic E-state index is -1.15. The van der Waals surface area contributed by atoms with Crippen LogP contribution in [0.15, 0.2) is 0 Å². The fourth-order valence-electron chi connectivity index (χ4n) is 2.00. The van der Waals surface area contributed by atoms with Crippen molar-refractivity contribution >= 4 is 0 Å². The van der Waals surface area contributed by atoms with E-state index < -0.39 is 24.4 Å². The molecular weight excluding hydrogens is 198 g/mol. The first-order valence-corrected chi connectivity index (χ1v) is 5.51. The highest BCUT2D eigenvalue weighted by Gasteiger charge is 2.40. The quantitative estimate of drug-likeness (QED) is 0.465. The van der Waals surface area contributed by atoms with Gasteiger partial charge in [-0.3, -0.25) is 4.90 Å². The zero-order chi connectivity index (χ0) is 11.4. The summed E-state index contributed by atoms with van der Waals surface area (Å²) in [7, 11) is 0. The lowest BCUT2D eigenvalue weighted by Crippen LogP contribution is -2.62. The summed E-state index contributed by atoms with van der Waals surface area (Å²) < 4.78 is 0. The number of aliphatic hydroxyl groups is 4. The number of rotatable bonds is 4. The summed E-state index contributed by atoms with van der Waals surface area (Å²) in [6.45, 7) is 2.89. The van der Waals surface area contributed by atoms with E-state index in [-0.39, 0.29) is 6.61 Å². The van der Waals surface area contributed by atoms with Crippen LogP contribution in [0.1, 0.15) is 19.8 Å². The molecule has 1 heterocycles. The molecule has 1 fully saturated rings. The number of likely N-dealkylation sites (tertiary alicyclic amines) is 1. The molecule has 90 valence electrons. The standard InChI is InChI=1S/C10H21NO4/c1-2-3-4-11-5-8(13)10(15)9(14)7(11)6-12/h7-10,12-15H,2-6H2,1H3/t7-,8-,9+,10-/m0/s1. The van der Waals surface area contributed by atoms with Crippen molar-refractivity contribution in [3.05, 3.63) is 0 Å². The Kier molecular flexibility index (Phi) is 4.95. The smallest absolute Gasteiger partial charge is 0.109 e. The minimum absolute atomic E-state index is 0.200. The van der Waals surface area contributed by atoms with Crippen LogP contribution in [0.4, 0.5) is 0 Å². The molecule has 1 aliphatic heterocycles. The zero-order valence-corrected chi connectivity index (χ0v) is 9.08. The minimum Gasteiger partial charge on any atom is -0.395 e. The number of unbranched alkanes of at least 4 members (excludes halogenated alkanes) is 1. The average Bonchev–Trinajstić information content (AvgIpc) is 2.23. The summed E-state index contributed by atoms with van der Waals surface area (Å²) in [5, 5.41) is 37.8. The van der Waals surface area contributed by atoms with Crippen LogP contribution in [0.2, 0.25) is 0 Å². The molecule has 15 heavy (non-hydrogen) atoms. The Bertz CT molecular complexity index is 190. The van der Waals surface area contributed by atoms with Gasteiger partial charge in [-0.15, -0.1) is 0 Å². The maximum absolute atomic E-state index is 9.67. The normalized spacial score (nSPS) is 38.2. The van der Waals surface area contributed by atoms with Gasteiger partial charge in [0, 0.05) is 6.54 Å². The second-order valence-corrected chi connectivity index (χ2v) is 4.15. The second-order valence-electron chi connectivity index (χ2n) is 4.15. The predicted molar refractivity (Wildman–Crippen MR) is 55.4 cm³/mol. The first-order chi connectivity index (χ1) is 7.11. The summed E-state index contributed by atoms with van der Waals surface area (Å²) >= 11 is 0. The molecule has 4 atom stereocenters. The summed E-state index contributed by atoms with van der Waals surface area (Å²) in [4.78, 5) is 1.84. The van der Waals surface area contributed by atoms with Crippen molar-refractivity contribution in [1.29, 1.82) is 0 Å². The molecule has 0 aliphatic carbocycles. The third-order valence-electron chi connectivity index (χ3n) is 3.01. The van der Waals surface area contributed by atoms with Gasteiger partial charge in [0.25, 0.3) is 0 Å². The number of piperidine rings is 1. The molecule has 4 N–H and O–H groups in total. The van der Waals surface area contributed by atoms with Gasteiger partial charge >= 0.3 is 0 Å². The predicted octanol–water partition coefficient (Wildman–Crippen LogP) is -1.45. The molecule has 1 aliphatic rings. The summed E-state index contributed by atoms with van der Waals surface area (Å²) in [6.07, 6.45) is -1.19. The van der Waals surface area contributed by atoms with Crippen LogP contribution < -0.4 is 0 Å². The Morgan fingerprint density at radius 3 is 2.40 bits per heavy atom. The van der Waals surface area contributed by atoms with E-state index >= 15 is 0 Å². The van der Waals surface area contributed by atoms with Crippen molar-refractivity contribution in [2.45, 2.75) is 44.1 Å². The number of hydrogen-bond acceptors (Lipinski definition) is 5. The topological polar surface area (TPSA) is 84.2 Å². The zero-order valence-electron chi connectivity index (χ0n) is 9.08. The Morgan fingerprint density at radius 2 is 1.87 bits per heavy atom. The number of hydrogen-bond donors (Lipinski definition) is 4. The summed E-state index contributed by atoms with van der Waals surface area (Å²) in [5.41, 5.74) is 0. The van der Waals surface area contributed by atoms with Crippen LogP contribution in [-0.4, -0.2) is 69.4 Å². The number of nitrogens with zero attached hydrogens (tertiary/aromatic N) is 1. The van der Waals surface area contributed by atoms with Crippen molar-refractivity contribution in [1.82, 2.24) is 4.90 Å². The third kappa shape index (κ3) is 2.89. The SMILES string of the molecule is CCCCN1C[C@H](O)[C@H](O)[C@H](O)[C@@H]1CO. The molecule has 5 nitrogen and oxygen atoms in total. The second kappa shape index (κ2) is 5.77. The molecule has 1 rings (SSSR count). The maximum Gasteiger partial charge on any atom is 0.109 e. The lowest BCUT2D eigenvalue weighted by atomic mass is 9.94. The van der Waals surface area contributed by atoms with E-state index in [2.05, 4.69) is 6.92 Å². The van der Waals surface area contributed by atoms with Gasteiger partial charge in [-0.05, 0) is 13.0 Å². The first-order valence-electron chi connectivity index (χ1n) is 5.51. The summed E-state index contributed by atoms with van der Waals surface area (Å²) in [5.74, 6) is 0. The van der Waals surface area contributed by atoms with Crippen LogP contribution in [0.25, 0.3) is 0 Å². The van der Waals surface area contributed by atoms with Gasteiger partial charge in [0.1, 0.15) is 12.2 Å². The highest BCUT2D eigenvalue weighted by molar-refractivity contribution is 4.93. The van der Waals surface area contributed by atoms with Crippen molar-refractivity contribution in [3.63, 3.8) is 0 Å². The fraction of sp³-hybridized carbons (Fsp3) is 1.00. The van der Waals surface area contributed by atoms with E-state index in [1.165, 1.54) is 0 Å². The van der Waals surface area contributed by atoms with E-state index in [0.717, 1.165) is 19.4 Å². The maximum atomic E-state index is 9.67. The molecule has 0 unspecified atom stereocenters. The summed E-state index contributed by atoms with van der Waals surface area (Å²) in [6, 6.07) is -0.463. The van der Waals surface area contributed by atoms with E-state index in [1.54, 1.807) is 0 Å². The van der Waals surface area contributed by atoms with E-state index in [0.29, 0.717) is 6.54 Å². The molecule has 0 radical (unpaired) electrons. The van der Waals surface area contributed by atoms with E-state index in [1.807, 2.05) is 4.90 Å². The van der Waals surface area contributed by atoms with Gasteiger partial charge in [0.2, 0.25) is 0 Å². The Hall–Kier alpha value is -0.200. The van der Waals surface area contributed by atoms with E-state index in [9.17, 15) is 15.3 Å². The number of aliphatic hydroxyl groups excluding tert-OH is 4. The molecule has 1 saturated heterocycles. The van der Waals surface area contributed by atoms with Crippen molar-refractivity contribution in [3.8, 4) is 0 Å². The lowest BCUT2D eigenvalue weighted by molar-refractivity contribution is -0.145. The highest BCUT2D eigenvalue weighted by Crippen LogP contribution is 2.19. The average molecular weight is 219 g/mol. The van der Waals surface area contributed by atoms with Crippen LogP contribution in [0, 0.1) is 0 Å². The molecule has 0 saturated carbocycles. The van der Waals surface area contributed by atoms with Crippen LogP contribution >= 0.6 is 0 Å². The van der Waals surface area contributed by atoms with Crippen LogP contribution in [-0.2, 0) is 0 Å². The Balaban J connectivity index is 2.60. The van der Waals surface area contributed by atoms with Gasteiger partial charge in [0.15, 0.2) is 0 Å². The molecule has 0 aromatic carbocycles. The van der Waals surface area contributed by atoms with Crippen molar-refractivity contribution < 1.29 is 20.4 Å². The third-order valence-corrected chi connectivity index (χ3v) is 3.01. The largest absolute Gasteiger partial charge is 0.395 e. The first kappa shape index (κ1) is 12.9. The molecule has 0 aromatic rings. The molecular formula is C10H21NO4. The molecule has 0 aromatic heterocycles.